The van der Waals surface area contributed by atoms with Crippen molar-refractivity contribution in [1.82, 2.24) is 0 Å². The highest BCUT2D eigenvalue weighted by atomic mass is 35.5. The van der Waals surface area contributed by atoms with Crippen LogP contribution in [0, 0.1) is 13.8 Å². The van der Waals surface area contributed by atoms with Crippen molar-refractivity contribution in [1.29, 1.82) is 0 Å². The minimum absolute atomic E-state index is 0.0331. The first kappa shape index (κ1) is 16.3. The number of aryl methyl sites for hydroxylation is 2. The Balaban J connectivity index is 1.94. The van der Waals surface area contributed by atoms with Crippen LogP contribution in [0.2, 0.25) is 5.02 Å². The third kappa shape index (κ3) is 3.05. The Morgan fingerprint density at radius 1 is 1.17 bits per heavy atom. The molecule has 0 amide bonds. The van der Waals surface area contributed by atoms with Crippen LogP contribution in [0.5, 0.6) is 0 Å². The molecule has 1 aromatic heterocycles. The van der Waals surface area contributed by atoms with Crippen LogP contribution in [0.15, 0.2) is 51.7 Å². The van der Waals surface area contributed by atoms with E-state index in [1.807, 2.05) is 26.0 Å². The number of carbonyl (C=O) groups is 1. The summed E-state index contributed by atoms with van der Waals surface area (Å²) < 4.78 is 10.6. The maximum atomic E-state index is 12.2. The fourth-order valence-electron chi connectivity index (χ4n) is 2.49. The van der Waals surface area contributed by atoms with Crippen molar-refractivity contribution in [3.05, 3.63) is 80.2 Å². The summed E-state index contributed by atoms with van der Waals surface area (Å²) in [4.78, 5) is 24.0. The minimum Gasteiger partial charge on any atom is -0.457 e. The van der Waals surface area contributed by atoms with E-state index < -0.39 is 11.6 Å². The van der Waals surface area contributed by atoms with Crippen molar-refractivity contribution in [3.63, 3.8) is 0 Å². The molecule has 0 spiro atoms. The van der Waals surface area contributed by atoms with E-state index >= 15 is 0 Å². The first-order valence-electron chi connectivity index (χ1n) is 7.42. The molecule has 0 atom stereocenters. The number of benzene rings is 2. The standard InChI is InChI=1S/C19H15ClO4/c1-11-7-8-14-13(9-17(21)24-18(14)12(11)2)10-23-19(22)15-5-3-4-6-16(15)20/h3-9H,10H2,1-2H3. The fourth-order valence-corrected chi connectivity index (χ4v) is 2.70. The van der Waals surface area contributed by atoms with E-state index in [9.17, 15) is 9.59 Å². The van der Waals surface area contributed by atoms with E-state index in [-0.39, 0.29) is 6.61 Å². The summed E-state index contributed by atoms with van der Waals surface area (Å²) in [7, 11) is 0. The molecule has 24 heavy (non-hydrogen) atoms. The molecule has 0 aliphatic heterocycles. The van der Waals surface area contributed by atoms with Gasteiger partial charge in [-0.15, -0.1) is 0 Å². The topological polar surface area (TPSA) is 56.5 Å². The number of fused-ring (bicyclic) bond motifs is 1. The second kappa shape index (κ2) is 6.49. The van der Waals surface area contributed by atoms with Gasteiger partial charge in [-0.2, -0.15) is 0 Å². The molecule has 0 aliphatic carbocycles. The summed E-state index contributed by atoms with van der Waals surface area (Å²) >= 11 is 5.99. The van der Waals surface area contributed by atoms with Crippen LogP contribution in [-0.4, -0.2) is 5.97 Å². The zero-order chi connectivity index (χ0) is 17.3. The van der Waals surface area contributed by atoms with Gasteiger partial charge in [0.25, 0.3) is 0 Å². The van der Waals surface area contributed by atoms with E-state index in [1.165, 1.54) is 6.07 Å². The van der Waals surface area contributed by atoms with Gasteiger partial charge in [0.15, 0.2) is 0 Å². The van der Waals surface area contributed by atoms with Crippen molar-refractivity contribution in [2.45, 2.75) is 20.5 Å². The first-order valence-corrected chi connectivity index (χ1v) is 7.80. The van der Waals surface area contributed by atoms with Crippen LogP contribution in [0.4, 0.5) is 0 Å². The van der Waals surface area contributed by atoms with Crippen LogP contribution in [0.3, 0.4) is 0 Å². The zero-order valence-corrected chi connectivity index (χ0v) is 14.0. The Morgan fingerprint density at radius 2 is 1.92 bits per heavy atom. The minimum atomic E-state index is -0.536. The lowest BCUT2D eigenvalue weighted by Gasteiger charge is -2.10. The molecule has 0 N–H and O–H groups in total. The second-order valence-corrected chi connectivity index (χ2v) is 5.94. The lowest BCUT2D eigenvalue weighted by atomic mass is 10.0. The smallest absolute Gasteiger partial charge is 0.339 e. The van der Waals surface area contributed by atoms with Crippen LogP contribution >= 0.6 is 11.6 Å². The maximum absolute atomic E-state index is 12.2. The van der Waals surface area contributed by atoms with Gasteiger partial charge in [-0.25, -0.2) is 9.59 Å². The van der Waals surface area contributed by atoms with Gasteiger partial charge >= 0.3 is 11.6 Å². The average molecular weight is 343 g/mol. The number of carbonyl (C=O) groups excluding carboxylic acids is 1. The van der Waals surface area contributed by atoms with Gasteiger partial charge in [0.05, 0.1) is 10.6 Å². The highest BCUT2D eigenvalue weighted by molar-refractivity contribution is 6.33. The molecule has 122 valence electrons. The van der Waals surface area contributed by atoms with Gasteiger partial charge in [0, 0.05) is 17.0 Å². The summed E-state index contributed by atoms with van der Waals surface area (Å²) in [5.74, 6) is -0.536. The maximum Gasteiger partial charge on any atom is 0.339 e. The summed E-state index contributed by atoms with van der Waals surface area (Å²) in [6, 6.07) is 11.8. The molecular formula is C19H15ClO4. The molecule has 0 saturated heterocycles. The molecule has 0 saturated carbocycles. The number of halogens is 1. The van der Waals surface area contributed by atoms with Crippen molar-refractivity contribution in [2.24, 2.45) is 0 Å². The Hall–Kier alpha value is -2.59. The summed E-state index contributed by atoms with van der Waals surface area (Å²) in [5, 5.41) is 1.08. The van der Waals surface area contributed by atoms with Gasteiger partial charge < -0.3 is 9.15 Å². The molecule has 5 heteroatoms. The quantitative estimate of drug-likeness (QED) is 0.522. The Bertz CT molecular complexity index is 988. The van der Waals surface area contributed by atoms with Crippen LogP contribution in [0.1, 0.15) is 27.0 Å². The SMILES string of the molecule is Cc1ccc2c(COC(=O)c3ccccc3Cl)cc(=O)oc2c1C. The molecule has 1 heterocycles. The number of ether oxygens (including phenoxy) is 1. The molecule has 3 rings (SSSR count). The van der Waals surface area contributed by atoms with Crippen molar-refractivity contribution < 1.29 is 13.9 Å². The van der Waals surface area contributed by atoms with Gasteiger partial charge in [-0.3, -0.25) is 0 Å². The van der Waals surface area contributed by atoms with Crippen molar-refractivity contribution in [3.8, 4) is 0 Å². The van der Waals surface area contributed by atoms with Crippen LogP contribution in [0.25, 0.3) is 11.0 Å². The van der Waals surface area contributed by atoms with Gasteiger partial charge in [0.1, 0.15) is 12.2 Å². The highest BCUT2D eigenvalue weighted by Crippen LogP contribution is 2.24. The molecule has 0 aliphatic rings. The Morgan fingerprint density at radius 3 is 2.67 bits per heavy atom. The van der Waals surface area contributed by atoms with E-state index in [4.69, 9.17) is 20.8 Å². The third-order valence-corrected chi connectivity index (χ3v) is 4.30. The van der Waals surface area contributed by atoms with Crippen molar-refractivity contribution >= 4 is 28.5 Å². The average Bonchev–Trinajstić information content (AvgIpc) is 2.56. The van der Waals surface area contributed by atoms with Gasteiger partial charge in [0.2, 0.25) is 0 Å². The molecule has 0 radical (unpaired) electrons. The normalized spacial score (nSPS) is 10.8. The van der Waals surface area contributed by atoms with Crippen LogP contribution < -0.4 is 5.63 Å². The second-order valence-electron chi connectivity index (χ2n) is 5.53. The molecule has 4 nitrogen and oxygen atoms in total. The van der Waals surface area contributed by atoms with E-state index in [0.717, 1.165) is 16.5 Å². The van der Waals surface area contributed by atoms with Gasteiger partial charge in [-0.05, 0) is 37.1 Å². The molecule has 0 unspecified atom stereocenters. The first-order chi connectivity index (χ1) is 11.5. The Kier molecular flexibility index (Phi) is 4.40. The van der Waals surface area contributed by atoms with E-state index in [0.29, 0.717) is 21.7 Å². The summed E-state index contributed by atoms with van der Waals surface area (Å²) in [6.07, 6.45) is 0. The Labute approximate surface area is 143 Å². The van der Waals surface area contributed by atoms with Gasteiger partial charge in [-0.1, -0.05) is 35.9 Å². The van der Waals surface area contributed by atoms with E-state index in [1.54, 1.807) is 24.3 Å². The number of rotatable bonds is 3. The summed E-state index contributed by atoms with van der Waals surface area (Å²) in [6.45, 7) is 3.80. The monoisotopic (exact) mass is 342 g/mol. The fraction of sp³-hybridized carbons (Fsp3) is 0.158. The van der Waals surface area contributed by atoms with E-state index in [2.05, 4.69) is 0 Å². The molecule has 2 aromatic carbocycles. The highest BCUT2D eigenvalue weighted by Gasteiger charge is 2.14. The number of hydrogen-bond acceptors (Lipinski definition) is 4. The molecule has 3 aromatic rings. The number of hydrogen-bond donors (Lipinski definition) is 0. The molecule has 0 fully saturated rings. The predicted molar refractivity (Wildman–Crippen MR) is 92.5 cm³/mol. The largest absolute Gasteiger partial charge is 0.457 e. The number of esters is 1. The lowest BCUT2D eigenvalue weighted by Crippen LogP contribution is -2.08. The lowest BCUT2D eigenvalue weighted by molar-refractivity contribution is 0.0474. The van der Waals surface area contributed by atoms with Crippen molar-refractivity contribution in [2.75, 3.05) is 0 Å². The van der Waals surface area contributed by atoms with Crippen LogP contribution in [-0.2, 0) is 11.3 Å². The zero-order valence-electron chi connectivity index (χ0n) is 13.3. The summed E-state index contributed by atoms with van der Waals surface area (Å²) in [5.41, 5.74) is 2.86. The molecular weight excluding hydrogens is 328 g/mol. The predicted octanol–water partition coefficient (Wildman–Crippen LogP) is 4.42. The molecule has 0 bridgehead atoms. The third-order valence-electron chi connectivity index (χ3n) is 3.97.